The van der Waals surface area contributed by atoms with E-state index in [1.165, 1.54) is 0 Å². The van der Waals surface area contributed by atoms with Crippen molar-refractivity contribution in [2.45, 2.75) is 44.7 Å². The molecule has 1 aliphatic heterocycles. The predicted molar refractivity (Wildman–Crippen MR) is 124 cm³/mol. The number of hydrogen-bond acceptors (Lipinski definition) is 4. The van der Waals surface area contributed by atoms with Crippen LogP contribution in [0.2, 0.25) is 0 Å². The standard InChI is InChI=1S/C27H30N2O3/c1-20(22-9-5-3-6-10-22)28-26(31)25-14-13-24(32-25)19-29-17-15-27(16-18-29,21(2)30)23-11-7-4-8-12-23/h3-14,20H,15-19H2,1-2H3,(H,28,31). The third-order valence-corrected chi connectivity index (χ3v) is 6.62. The summed E-state index contributed by atoms with van der Waals surface area (Å²) < 4.78 is 5.85. The molecule has 2 heterocycles. The smallest absolute Gasteiger partial charge is 0.287 e. The van der Waals surface area contributed by atoms with Crippen molar-refractivity contribution in [1.82, 2.24) is 10.2 Å². The molecule has 1 N–H and O–H groups in total. The zero-order valence-corrected chi connectivity index (χ0v) is 18.7. The highest BCUT2D eigenvalue weighted by molar-refractivity contribution is 5.91. The van der Waals surface area contributed by atoms with Crippen molar-refractivity contribution in [3.05, 3.63) is 95.4 Å². The van der Waals surface area contributed by atoms with Gasteiger partial charge in [-0.1, -0.05) is 60.7 Å². The van der Waals surface area contributed by atoms with E-state index in [2.05, 4.69) is 22.3 Å². The molecular weight excluding hydrogens is 400 g/mol. The molecule has 2 aromatic carbocycles. The lowest BCUT2D eigenvalue weighted by Crippen LogP contribution is -2.46. The van der Waals surface area contributed by atoms with Gasteiger partial charge in [0.2, 0.25) is 0 Å². The van der Waals surface area contributed by atoms with Crippen LogP contribution >= 0.6 is 0 Å². The van der Waals surface area contributed by atoms with Gasteiger partial charge in [0.25, 0.3) is 5.91 Å². The quantitative estimate of drug-likeness (QED) is 0.580. The summed E-state index contributed by atoms with van der Waals surface area (Å²) in [5, 5.41) is 2.99. The molecule has 0 spiro atoms. The van der Waals surface area contributed by atoms with Gasteiger partial charge in [-0.15, -0.1) is 0 Å². The summed E-state index contributed by atoms with van der Waals surface area (Å²) in [4.78, 5) is 27.5. The van der Waals surface area contributed by atoms with Crippen LogP contribution in [0.15, 0.2) is 77.2 Å². The summed E-state index contributed by atoms with van der Waals surface area (Å²) in [7, 11) is 0. The topological polar surface area (TPSA) is 62.6 Å². The third-order valence-electron chi connectivity index (χ3n) is 6.62. The molecule has 5 heteroatoms. The Kier molecular flexibility index (Phi) is 6.56. The Morgan fingerprint density at radius 1 is 0.969 bits per heavy atom. The maximum absolute atomic E-state index is 12.6. The van der Waals surface area contributed by atoms with Gasteiger partial charge in [-0.25, -0.2) is 0 Å². The Balaban J connectivity index is 1.35. The lowest BCUT2D eigenvalue weighted by molar-refractivity contribution is -0.124. The van der Waals surface area contributed by atoms with Crippen molar-refractivity contribution in [2.24, 2.45) is 0 Å². The maximum atomic E-state index is 12.6. The average molecular weight is 431 g/mol. The lowest BCUT2D eigenvalue weighted by atomic mass is 9.70. The number of ketones is 1. The molecule has 0 bridgehead atoms. The van der Waals surface area contributed by atoms with Crippen molar-refractivity contribution in [2.75, 3.05) is 13.1 Å². The molecule has 0 radical (unpaired) electrons. The van der Waals surface area contributed by atoms with Crippen LogP contribution in [0.25, 0.3) is 0 Å². The van der Waals surface area contributed by atoms with E-state index in [0.29, 0.717) is 12.3 Å². The molecule has 3 aromatic rings. The number of piperidine rings is 1. The summed E-state index contributed by atoms with van der Waals surface area (Å²) in [6, 6.07) is 23.5. The van der Waals surface area contributed by atoms with Crippen LogP contribution in [0.5, 0.6) is 0 Å². The molecule has 1 saturated heterocycles. The van der Waals surface area contributed by atoms with Crippen molar-refractivity contribution < 1.29 is 14.0 Å². The van der Waals surface area contributed by atoms with Gasteiger partial charge in [0.1, 0.15) is 11.5 Å². The zero-order chi connectivity index (χ0) is 22.6. The second-order valence-corrected chi connectivity index (χ2v) is 8.65. The van der Waals surface area contributed by atoms with Crippen LogP contribution in [0.3, 0.4) is 0 Å². The minimum absolute atomic E-state index is 0.1000. The van der Waals surface area contributed by atoms with Crippen molar-refractivity contribution in [3.63, 3.8) is 0 Å². The first kappa shape index (κ1) is 22.0. The zero-order valence-electron chi connectivity index (χ0n) is 18.7. The Morgan fingerprint density at radius 3 is 2.22 bits per heavy atom. The van der Waals surface area contributed by atoms with Gasteiger partial charge in [-0.3, -0.25) is 14.5 Å². The second kappa shape index (κ2) is 9.53. The number of carbonyl (C=O) groups is 2. The van der Waals surface area contributed by atoms with E-state index in [1.54, 1.807) is 13.0 Å². The number of hydrogen-bond donors (Lipinski definition) is 1. The molecular formula is C27H30N2O3. The van der Waals surface area contributed by atoms with Crippen molar-refractivity contribution in [1.29, 1.82) is 0 Å². The molecule has 5 nitrogen and oxygen atoms in total. The lowest BCUT2D eigenvalue weighted by Gasteiger charge is -2.40. The van der Waals surface area contributed by atoms with Gasteiger partial charge < -0.3 is 9.73 Å². The highest BCUT2D eigenvalue weighted by atomic mass is 16.4. The Hall–Kier alpha value is -3.18. The van der Waals surface area contributed by atoms with Gasteiger partial charge in [0, 0.05) is 0 Å². The number of amides is 1. The maximum Gasteiger partial charge on any atom is 0.287 e. The highest BCUT2D eigenvalue weighted by Gasteiger charge is 2.40. The second-order valence-electron chi connectivity index (χ2n) is 8.65. The van der Waals surface area contributed by atoms with Crippen molar-refractivity contribution in [3.8, 4) is 0 Å². The van der Waals surface area contributed by atoms with Gasteiger partial charge >= 0.3 is 0 Å². The molecule has 1 aliphatic rings. The minimum Gasteiger partial charge on any atom is -0.455 e. The SMILES string of the molecule is CC(=O)C1(c2ccccc2)CCN(Cc2ccc(C(=O)NC(C)c3ccccc3)o2)CC1. The number of nitrogens with zero attached hydrogens (tertiary/aromatic N) is 1. The first-order chi connectivity index (χ1) is 15.5. The molecule has 4 rings (SSSR count). The van der Waals surface area contributed by atoms with E-state index in [1.807, 2.05) is 61.5 Å². The normalized spacial score (nSPS) is 16.9. The van der Waals surface area contributed by atoms with Crippen LogP contribution in [0.4, 0.5) is 0 Å². The van der Waals surface area contributed by atoms with Gasteiger partial charge in [-0.2, -0.15) is 0 Å². The number of nitrogens with one attached hydrogen (secondary N) is 1. The fourth-order valence-corrected chi connectivity index (χ4v) is 4.59. The number of Topliss-reactive ketones (excluding diaryl/α,β-unsaturated/α-hetero) is 1. The first-order valence-corrected chi connectivity index (χ1v) is 11.2. The van der Waals surface area contributed by atoms with Crippen LogP contribution < -0.4 is 5.32 Å². The van der Waals surface area contributed by atoms with Crippen molar-refractivity contribution >= 4 is 11.7 Å². The summed E-state index contributed by atoms with van der Waals surface area (Å²) >= 11 is 0. The van der Waals surface area contributed by atoms with Crippen LogP contribution in [0.1, 0.15) is 60.2 Å². The summed E-state index contributed by atoms with van der Waals surface area (Å²) in [6.45, 7) is 5.91. The summed E-state index contributed by atoms with van der Waals surface area (Å²) in [5.74, 6) is 1.10. The van der Waals surface area contributed by atoms with E-state index >= 15 is 0 Å². The Labute approximate surface area is 189 Å². The molecule has 166 valence electrons. The predicted octanol–water partition coefficient (Wildman–Crippen LogP) is 4.89. The number of benzene rings is 2. The highest BCUT2D eigenvalue weighted by Crippen LogP contribution is 2.36. The van der Waals surface area contributed by atoms with Crippen LogP contribution in [-0.2, 0) is 16.8 Å². The Bertz CT molecular complexity index is 1050. The summed E-state index contributed by atoms with van der Waals surface area (Å²) in [6.07, 6.45) is 1.57. The molecule has 0 saturated carbocycles. The van der Waals surface area contributed by atoms with Crippen LogP contribution in [0, 0.1) is 0 Å². The minimum atomic E-state index is -0.403. The molecule has 1 aromatic heterocycles. The van der Waals surface area contributed by atoms with E-state index in [-0.39, 0.29) is 17.7 Å². The van der Waals surface area contributed by atoms with E-state index in [4.69, 9.17) is 4.42 Å². The molecule has 0 aliphatic carbocycles. The fraction of sp³-hybridized carbons (Fsp3) is 0.333. The van der Waals surface area contributed by atoms with E-state index in [9.17, 15) is 9.59 Å². The molecule has 1 amide bonds. The number of carbonyl (C=O) groups excluding carboxylic acids is 2. The summed E-state index contributed by atoms with van der Waals surface area (Å²) in [5.41, 5.74) is 1.75. The van der Waals surface area contributed by atoms with E-state index < -0.39 is 5.41 Å². The fourth-order valence-electron chi connectivity index (χ4n) is 4.59. The Morgan fingerprint density at radius 2 is 1.59 bits per heavy atom. The van der Waals surface area contributed by atoms with Gasteiger partial charge in [0.05, 0.1) is 18.0 Å². The van der Waals surface area contributed by atoms with E-state index in [0.717, 1.165) is 42.8 Å². The molecule has 32 heavy (non-hydrogen) atoms. The number of likely N-dealkylation sites (tertiary alicyclic amines) is 1. The average Bonchev–Trinajstić information content (AvgIpc) is 3.29. The molecule has 1 fully saturated rings. The largest absolute Gasteiger partial charge is 0.455 e. The number of rotatable bonds is 7. The van der Waals surface area contributed by atoms with Gasteiger partial charge in [-0.05, 0) is 63.0 Å². The molecule has 1 atom stereocenters. The number of furan rings is 1. The monoisotopic (exact) mass is 430 g/mol. The first-order valence-electron chi connectivity index (χ1n) is 11.2. The van der Waals surface area contributed by atoms with Crippen LogP contribution in [-0.4, -0.2) is 29.7 Å². The third kappa shape index (κ3) is 4.68. The molecule has 1 unspecified atom stereocenters. The van der Waals surface area contributed by atoms with Gasteiger partial charge in [0.15, 0.2) is 5.76 Å².